The average Bonchev–Trinajstić information content (AvgIpc) is 2.07. The average molecular weight is 176 g/mol. The van der Waals surface area contributed by atoms with Crippen LogP contribution in [0.1, 0.15) is 26.7 Å². The van der Waals surface area contributed by atoms with Gasteiger partial charge in [-0.25, -0.2) is 0 Å². The van der Waals surface area contributed by atoms with Crippen LogP contribution in [0, 0.1) is 5.41 Å². The van der Waals surface area contributed by atoms with Gasteiger partial charge in [-0.05, 0) is 12.8 Å². The zero-order valence-electron chi connectivity index (χ0n) is 7.17. The maximum atomic E-state index is 5.32. The second-order valence-corrected chi connectivity index (χ2v) is 3.56. The summed E-state index contributed by atoms with van der Waals surface area (Å²) in [4.78, 5) is 0. The molecule has 0 aromatic heterocycles. The van der Waals surface area contributed by atoms with E-state index in [-0.39, 0.29) is 11.0 Å². The van der Waals surface area contributed by atoms with Crippen molar-refractivity contribution < 1.29 is 9.47 Å². The zero-order chi connectivity index (χ0) is 8.32. The van der Waals surface area contributed by atoms with Crippen LogP contribution in [0.5, 0.6) is 0 Å². The van der Waals surface area contributed by atoms with Gasteiger partial charge in [0.15, 0.2) is 0 Å². The van der Waals surface area contributed by atoms with Gasteiger partial charge < -0.3 is 9.47 Å². The first kappa shape index (κ1) is 9.36. The van der Waals surface area contributed by atoms with Crippen molar-refractivity contribution >= 4 is 12.6 Å². The van der Waals surface area contributed by atoms with Crippen LogP contribution in [-0.2, 0) is 9.47 Å². The molecular weight excluding hydrogens is 160 g/mol. The molecule has 0 bridgehead atoms. The van der Waals surface area contributed by atoms with Gasteiger partial charge in [-0.1, -0.05) is 13.8 Å². The molecule has 0 amide bonds. The Kier molecular flexibility index (Phi) is 3.22. The lowest BCUT2D eigenvalue weighted by Gasteiger charge is -2.37. The van der Waals surface area contributed by atoms with Crippen molar-refractivity contribution in [2.75, 3.05) is 13.2 Å². The first-order valence-corrected chi connectivity index (χ1v) is 4.65. The highest BCUT2D eigenvalue weighted by Crippen LogP contribution is 2.32. The minimum absolute atomic E-state index is 0.249. The molecule has 1 rings (SSSR count). The highest BCUT2D eigenvalue weighted by Gasteiger charge is 2.32. The van der Waals surface area contributed by atoms with E-state index < -0.39 is 0 Å². The molecule has 0 aromatic carbocycles. The molecule has 1 fully saturated rings. The van der Waals surface area contributed by atoms with Crippen molar-refractivity contribution in [1.82, 2.24) is 0 Å². The van der Waals surface area contributed by atoms with Gasteiger partial charge in [0.05, 0.1) is 13.2 Å². The van der Waals surface area contributed by atoms with Crippen LogP contribution < -0.4 is 0 Å². The van der Waals surface area contributed by atoms with Crippen LogP contribution in [0.2, 0.25) is 0 Å². The molecule has 0 aromatic rings. The Morgan fingerprint density at radius 2 is 1.73 bits per heavy atom. The van der Waals surface area contributed by atoms with Crippen LogP contribution in [0.3, 0.4) is 0 Å². The van der Waals surface area contributed by atoms with E-state index in [2.05, 4.69) is 26.5 Å². The topological polar surface area (TPSA) is 18.5 Å². The largest absolute Gasteiger partial charge is 0.343 e. The summed E-state index contributed by atoms with van der Waals surface area (Å²) in [5.74, 6) is 0. The molecule has 2 nitrogen and oxygen atoms in total. The molecule has 1 heterocycles. The molecule has 1 saturated heterocycles. The maximum absolute atomic E-state index is 5.32. The highest BCUT2D eigenvalue weighted by atomic mass is 32.1. The van der Waals surface area contributed by atoms with Crippen LogP contribution in [0.25, 0.3) is 0 Å². The summed E-state index contributed by atoms with van der Waals surface area (Å²) < 4.78 is 10.6. The molecule has 66 valence electrons. The van der Waals surface area contributed by atoms with Gasteiger partial charge in [0.1, 0.15) is 0 Å². The Bertz CT molecular complexity index is 113. The van der Waals surface area contributed by atoms with E-state index >= 15 is 0 Å². The monoisotopic (exact) mass is 176 g/mol. The Labute approximate surface area is 73.7 Å². The molecule has 0 spiro atoms. The summed E-state index contributed by atoms with van der Waals surface area (Å²) >= 11 is 4.07. The van der Waals surface area contributed by atoms with Crippen molar-refractivity contribution in [2.24, 2.45) is 5.41 Å². The lowest BCUT2D eigenvalue weighted by Crippen LogP contribution is -2.39. The van der Waals surface area contributed by atoms with Gasteiger partial charge in [-0.15, -0.1) is 12.6 Å². The summed E-state index contributed by atoms with van der Waals surface area (Å²) in [6, 6.07) is 0. The van der Waals surface area contributed by atoms with Gasteiger partial charge in [0.2, 0.25) is 5.62 Å². The SMILES string of the molecule is CCC1(CC)COC(S)OC1. The lowest BCUT2D eigenvalue weighted by molar-refractivity contribution is -0.186. The predicted molar refractivity (Wildman–Crippen MR) is 47.7 cm³/mol. The fourth-order valence-corrected chi connectivity index (χ4v) is 1.39. The van der Waals surface area contributed by atoms with E-state index in [0.717, 1.165) is 26.1 Å². The van der Waals surface area contributed by atoms with E-state index in [1.165, 1.54) is 0 Å². The van der Waals surface area contributed by atoms with Crippen molar-refractivity contribution in [3.63, 3.8) is 0 Å². The van der Waals surface area contributed by atoms with Crippen molar-refractivity contribution in [1.29, 1.82) is 0 Å². The van der Waals surface area contributed by atoms with Crippen LogP contribution in [0.4, 0.5) is 0 Å². The standard InChI is InChI=1S/C8H16O2S/c1-3-8(4-2)5-9-7(11)10-6-8/h7,11H,3-6H2,1-2H3. The summed E-state index contributed by atoms with van der Waals surface area (Å²) in [6.45, 7) is 5.92. The summed E-state index contributed by atoms with van der Waals surface area (Å²) in [7, 11) is 0. The number of hydrogen-bond donors (Lipinski definition) is 1. The molecule has 0 unspecified atom stereocenters. The number of thiol groups is 1. The molecule has 1 aliphatic heterocycles. The van der Waals surface area contributed by atoms with E-state index in [9.17, 15) is 0 Å². The molecular formula is C8H16O2S. The van der Waals surface area contributed by atoms with E-state index in [1.54, 1.807) is 0 Å². The minimum atomic E-state index is -0.304. The van der Waals surface area contributed by atoms with Crippen LogP contribution in [0.15, 0.2) is 0 Å². The third-order valence-corrected chi connectivity index (χ3v) is 2.86. The Balaban J connectivity index is 2.45. The first-order chi connectivity index (χ1) is 5.22. The highest BCUT2D eigenvalue weighted by molar-refractivity contribution is 7.80. The lowest BCUT2D eigenvalue weighted by atomic mass is 9.84. The quantitative estimate of drug-likeness (QED) is 0.649. The molecule has 0 radical (unpaired) electrons. The van der Waals surface area contributed by atoms with Crippen LogP contribution in [-0.4, -0.2) is 18.8 Å². The molecule has 3 heteroatoms. The molecule has 1 aliphatic rings. The second-order valence-electron chi connectivity index (χ2n) is 3.14. The van der Waals surface area contributed by atoms with Gasteiger partial charge in [0, 0.05) is 5.41 Å². The zero-order valence-corrected chi connectivity index (χ0v) is 8.06. The van der Waals surface area contributed by atoms with E-state index in [1.807, 2.05) is 0 Å². The van der Waals surface area contributed by atoms with Crippen molar-refractivity contribution in [3.05, 3.63) is 0 Å². The Hall–Kier alpha value is 0.270. The normalized spacial score (nSPS) is 25.4. The predicted octanol–water partition coefficient (Wildman–Crippen LogP) is 2.05. The molecule has 0 aliphatic carbocycles. The van der Waals surface area contributed by atoms with Gasteiger partial charge >= 0.3 is 0 Å². The number of hydrogen-bond acceptors (Lipinski definition) is 3. The summed E-state index contributed by atoms with van der Waals surface area (Å²) in [5, 5.41) is 0. The van der Waals surface area contributed by atoms with Gasteiger partial charge in [-0.2, -0.15) is 0 Å². The third kappa shape index (κ3) is 2.10. The molecule has 11 heavy (non-hydrogen) atoms. The van der Waals surface area contributed by atoms with E-state index in [4.69, 9.17) is 9.47 Å². The minimum Gasteiger partial charge on any atom is -0.343 e. The summed E-state index contributed by atoms with van der Waals surface area (Å²) in [6.07, 6.45) is 2.23. The molecule has 0 saturated carbocycles. The van der Waals surface area contributed by atoms with Crippen molar-refractivity contribution in [2.45, 2.75) is 32.3 Å². The van der Waals surface area contributed by atoms with Crippen molar-refractivity contribution in [3.8, 4) is 0 Å². The van der Waals surface area contributed by atoms with Gasteiger partial charge in [0.25, 0.3) is 0 Å². The third-order valence-electron chi connectivity index (χ3n) is 2.56. The number of ether oxygens (including phenoxy) is 2. The smallest absolute Gasteiger partial charge is 0.204 e. The fourth-order valence-electron chi connectivity index (χ4n) is 1.24. The number of rotatable bonds is 2. The van der Waals surface area contributed by atoms with Gasteiger partial charge in [-0.3, -0.25) is 0 Å². The molecule has 0 N–H and O–H groups in total. The molecule has 0 atom stereocenters. The Morgan fingerprint density at radius 1 is 1.27 bits per heavy atom. The Morgan fingerprint density at radius 3 is 2.09 bits per heavy atom. The maximum Gasteiger partial charge on any atom is 0.204 e. The first-order valence-electron chi connectivity index (χ1n) is 4.14. The van der Waals surface area contributed by atoms with Crippen LogP contribution >= 0.6 is 12.6 Å². The fraction of sp³-hybridized carbons (Fsp3) is 1.00. The summed E-state index contributed by atoms with van der Waals surface area (Å²) in [5.41, 5.74) is -0.0552. The second kappa shape index (κ2) is 3.78. The van der Waals surface area contributed by atoms with E-state index in [0.29, 0.717) is 0 Å².